The minimum Gasteiger partial charge on any atom is -0.350 e. The molecule has 0 aliphatic carbocycles. The van der Waals surface area contributed by atoms with Crippen LogP contribution in [0.15, 0.2) is 17.2 Å². The van der Waals surface area contributed by atoms with E-state index >= 15 is 0 Å². The Kier molecular flexibility index (Phi) is 3.43. The topological polar surface area (TPSA) is 64.2 Å². The smallest absolute Gasteiger partial charge is 0.293 e. The Labute approximate surface area is 108 Å². The van der Waals surface area contributed by atoms with Gasteiger partial charge in [0.2, 0.25) is 0 Å². The van der Waals surface area contributed by atoms with Gasteiger partial charge in [-0.2, -0.15) is 0 Å². The van der Waals surface area contributed by atoms with Gasteiger partial charge >= 0.3 is 0 Å². The molecule has 1 aliphatic rings. The van der Waals surface area contributed by atoms with Gasteiger partial charge < -0.3 is 15.2 Å². The van der Waals surface area contributed by atoms with Crippen LogP contribution < -0.4 is 16.2 Å². The highest BCUT2D eigenvalue weighted by molar-refractivity contribution is 5.36. The number of piperidine rings is 1. The van der Waals surface area contributed by atoms with E-state index in [-0.39, 0.29) is 17.1 Å². The highest BCUT2D eigenvalue weighted by Gasteiger charge is 2.23. The molecule has 0 amide bonds. The van der Waals surface area contributed by atoms with E-state index in [0.29, 0.717) is 5.82 Å². The minimum atomic E-state index is -0.229. The second-order valence-corrected chi connectivity index (χ2v) is 5.95. The van der Waals surface area contributed by atoms with Crippen LogP contribution >= 0.6 is 0 Å². The van der Waals surface area contributed by atoms with Gasteiger partial charge in [0.05, 0.1) is 0 Å². The third-order valence-electron chi connectivity index (χ3n) is 3.30. The van der Waals surface area contributed by atoms with E-state index in [1.165, 1.54) is 0 Å². The Hall–Kier alpha value is -1.36. The summed E-state index contributed by atoms with van der Waals surface area (Å²) in [6, 6.07) is 0.142. The highest BCUT2D eigenvalue weighted by atomic mass is 16.1. The number of hydrogen-bond acceptors (Lipinski definition) is 4. The Balaban J connectivity index is 2.37. The molecule has 2 rings (SSSR count). The number of anilines is 1. The molecule has 1 unspecified atom stereocenters. The van der Waals surface area contributed by atoms with E-state index in [2.05, 4.69) is 4.98 Å². The molecule has 1 saturated heterocycles. The lowest BCUT2D eigenvalue weighted by molar-refractivity contribution is 0.381. The molecule has 2 N–H and O–H groups in total. The van der Waals surface area contributed by atoms with E-state index < -0.39 is 0 Å². The predicted octanol–water partition coefficient (Wildman–Crippen LogP) is 0.926. The van der Waals surface area contributed by atoms with Crippen molar-refractivity contribution in [1.29, 1.82) is 0 Å². The molecule has 18 heavy (non-hydrogen) atoms. The SMILES string of the molecule is CC(C)(C)n1ccnc(N2CCCC(N)C2)c1=O. The summed E-state index contributed by atoms with van der Waals surface area (Å²) >= 11 is 0. The predicted molar refractivity (Wildman–Crippen MR) is 72.9 cm³/mol. The minimum absolute atomic E-state index is 0.0286. The van der Waals surface area contributed by atoms with E-state index in [4.69, 9.17) is 5.73 Å². The fraction of sp³-hybridized carbons (Fsp3) is 0.692. The maximum Gasteiger partial charge on any atom is 0.293 e. The van der Waals surface area contributed by atoms with Crippen LogP contribution in [-0.4, -0.2) is 28.7 Å². The summed E-state index contributed by atoms with van der Waals surface area (Å²) in [4.78, 5) is 18.7. The molecule has 5 heteroatoms. The van der Waals surface area contributed by atoms with Gasteiger partial charge in [-0.15, -0.1) is 0 Å². The molecule has 1 aromatic heterocycles. The Morgan fingerprint density at radius 1 is 1.44 bits per heavy atom. The second kappa shape index (κ2) is 4.72. The van der Waals surface area contributed by atoms with Crippen molar-refractivity contribution in [2.24, 2.45) is 5.73 Å². The molecular formula is C13H22N4O. The quantitative estimate of drug-likeness (QED) is 0.805. The van der Waals surface area contributed by atoms with Crippen LogP contribution in [0.3, 0.4) is 0 Å². The highest BCUT2D eigenvalue weighted by Crippen LogP contribution is 2.16. The number of aromatic nitrogens is 2. The Bertz CT molecular complexity index is 475. The van der Waals surface area contributed by atoms with Crippen molar-refractivity contribution in [2.45, 2.75) is 45.2 Å². The summed E-state index contributed by atoms with van der Waals surface area (Å²) in [5.74, 6) is 0.530. The largest absolute Gasteiger partial charge is 0.350 e. The van der Waals surface area contributed by atoms with Crippen molar-refractivity contribution in [3.63, 3.8) is 0 Å². The first-order chi connectivity index (χ1) is 8.39. The van der Waals surface area contributed by atoms with Crippen LogP contribution in [0, 0.1) is 0 Å². The van der Waals surface area contributed by atoms with Crippen LogP contribution in [0.2, 0.25) is 0 Å². The molecule has 0 spiro atoms. The van der Waals surface area contributed by atoms with Crippen LogP contribution in [0.5, 0.6) is 0 Å². The zero-order valence-electron chi connectivity index (χ0n) is 11.4. The van der Waals surface area contributed by atoms with Crippen molar-refractivity contribution in [3.8, 4) is 0 Å². The van der Waals surface area contributed by atoms with E-state index in [1.807, 2.05) is 25.7 Å². The lowest BCUT2D eigenvalue weighted by Gasteiger charge is -2.32. The lowest BCUT2D eigenvalue weighted by atomic mass is 10.1. The summed E-state index contributed by atoms with van der Waals surface area (Å²) in [6.45, 7) is 7.63. The van der Waals surface area contributed by atoms with Gasteiger partial charge in [0.15, 0.2) is 5.82 Å². The van der Waals surface area contributed by atoms with Crippen molar-refractivity contribution in [3.05, 3.63) is 22.7 Å². The number of nitrogens with two attached hydrogens (primary N) is 1. The Morgan fingerprint density at radius 2 is 2.17 bits per heavy atom. The van der Waals surface area contributed by atoms with Crippen molar-refractivity contribution in [1.82, 2.24) is 9.55 Å². The summed E-state index contributed by atoms with van der Waals surface area (Å²) in [6.07, 6.45) is 5.49. The van der Waals surface area contributed by atoms with Crippen molar-refractivity contribution in [2.75, 3.05) is 18.0 Å². The van der Waals surface area contributed by atoms with E-state index in [1.54, 1.807) is 17.0 Å². The van der Waals surface area contributed by atoms with Gasteiger partial charge in [-0.25, -0.2) is 4.98 Å². The summed E-state index contributed by atoms with van der Waals surface area (Å²) in [5, 5.41) is 0. The van der Waals surface area contributed by atoms with Gasteiger partial charge in [-0.3, -0.25) is 4.79 Å². The van der Waals surface area contributed by atoms with Gasteiger partial charge in [0.1, 0.15) is 0 Å². The third kappa shape index (κ3) is 2.56. The summed E-state index contributed by atoms with van der Waals surface area (Å²) in [7, 11) is 0. The van der Waals surface area contributed by atoms with Gasteiger partial charge in [0.25, 0.3) is 5.56 Å². The molecule has 0 radical (unpaired) electrons. The molecule has 1 aliphatic heterocycles. The standard InChI is InChI=1S/C13H22N4O/c1-13(2,3)17-8-6-15-11(12(17)18)16-7-4-5-10(14)9-16/h6,8,10H,4-5,7,9,14H2,1-3H3. The van der Waals surface area contributed by atoms with E-state index in [9.17, 15) is 4.79 Å². The van der Waals surface area contributed by atoms with Crippen LogP contribution in [0.4, 0.5) is 5.82 Å². The molecule has 5 nitrogen and oxygen atoms in total. The monoisotopic (exact) mass is 250 g/mol. The molecule has 0 bridgehead atoms. The maximum atomic E-state index is 12.4. The van der Waals surface area contributed by atoms with Crippen LogP contribution in [0.25, 0.3) is 0 Å². The van der Waals surface area contributed by atoms with Gasteiger partial charge in [0, 0.05) is 37.1 Å². The molecular weight excluding hydrogens is 228 g/mol. The third-order valence-corrected chi connectivity index (χ3v) is 3.30. The maximum absolute atomic E-state index is 12.4. The molecule has 100 valence electrons. The lowest BCUT2D eigenvalue weighted by Crippen LogP contribution is -2.46. The fourth-order valence-electron chi connectivity index (χ4n) is 2.35. The van der Waals surface area contributed by atoms with Crippen molar-refractivity contribution >= 4 is 5.82 Å². The van der Waals surface area contributed by atoms with Gasteiger partial charge in [-0.05, 0) is 33.6 Å². The first-order valence-corrected chi connectivity index (χ1v) is 6.48. The molecule has 0 aromatic carbocycles. The fourth-order valence-corrected chi connectivity index (χ4v) is 2.35. The Morgan fingerprint density at radius 3 is 2.78 bits per heavy atom. The number of hydrogen-bond donors (Lipinski definition) is 1. The molecule has 0 saturated carbocycles. The molecule has 1 atom stereocenters. The second-order valence-electron chi connectivity index (χ2n) is 5.95. The molecule has 2 heterocycles. The van der Waals surface area contributed by atoms with Gasteiger partial charge in [-0.1, -0.05) is 0 Å². The van der Waals surface area contributed by atoms with Crippen molar-refractivity contribution < 1.29 is 0 Å². The number of rotatable bonds is 1. The first-order valence-electron chi connectivity index (χ1n) is 6.48. The average Bonchev–Trinajstić information content (AvgIpc) is 2.27. The number of nitrogens with zero attached hydrogens (tertiary/aromatic N) is 3. The zero-order chi connectivity index (χ0) is 13.3. The van der Waals surface area contributed by atoms with Crippen LogP contribution in [0.1, 0.15) is 33.6 Å². The first kappa shape index (κ1) is 13.1. The normalized spacial score (nSPS) is 21.1. The average molecular weight is 250 g/mol. The zero-order valence-corrected chi connectivity index (χ0v) is 11.4. The summed E-state index contributed by atoms with van der Waals surface area (Å²) < 4.78 is 1.73. The molecule has 1 fully saturated rings. The van der Waals surface area contributed by atoms with Crippen LogP contribution in [-0.2, 0) is 5.54 Å². The van der Waals surface area contributed by atoms with E-state index in [0.717, 1.165) is 25.9 Å². The molecule has 1 aromatic rings. The summed E-state index contributed by atoms with van der Waals surface area (Å²) in [5.41, 5.74) is 5.70.